The van der Waals surface area contributed by atoms with E-state index in [0.717, 1.165) is 22.3 Å². The van der Waals surface area contributed by atoms with Crippen LogP contribution in [-0.4, -0.2) is 15.0 Å². The second-order valence-electron chi connectivity index (χ2n) is 6.05. The van der Waals surface area contributed by atoms with E-state index in [2.05, 4.69) is 0 Å². The summed E-state index contributed by atoms with van der Waals surface area (Å²) in [5.41, 5.74) is 4.11. The standard InChI is InChI=1S/C19H22N2O2S/c1-14-6-8-18(9-7-14)21(11-5-10-20)24(22,23)19-16(3)12-15(2)13-17(19)4/h6-9,12-13H,5,11H2,1-4H3. The summed E-state index contributed by atoms with van der Waals surface area (Å²) < 4.78 is 27.9. The molecule has 0 aromatic heterocycles. The van der Waals surface area contributed by atoms with Crippen LogP contribution in [0.25, 0.3) is 0 Å². The van der Waals surface area contributed by atoms with Gasteiger partial charge in [-0.1, -0.05) is 35.4 Å². The summed E-state index contributed by atoms with van der Waals surface area (Å²) >= 11 is 0. The summed E-state index contributed by atoms with van der Waals surface area (Å²) in [5, 5.41) is 8.92. The Balaban J connectivity index is 2.60. The molecule has 0 unspecified atom stereocenters. The van der Waals surface area contributed by atoms with Crippen molar-refractivity contribution >= 4 is 15.7 Å². The van der Waals surface area contributed by atoms with E-state index in [4.69, 9.17) is 5.26 Å². The minimum atomic E-state index is -3.74. The molecule has 2 rings (SSSR count). The monoisotopic (exact) mass is 342 g/mol. The minimum Gasteiger partial charge on any atom is -0.265 e. The molecule has 0 atom stereocenters. The highest BCUT2D eigenvalue weighted by atomic mass is 32.2. The number of rotatable bonds is 5. The molecule has 0 aliphatic carbocycles. The molecule has 0 amide bonds. The van der Waals surface area contributed by atoms with E-state index < -0.39 is 10.0 Å². The zero-order chi connectivity index (χ0) is 17.9. The largest absolute Gasteiger partial charge is 0.265 e. The fraction of sp³-hybridized carbons (Fsp3) is 0.316. The smallest absolute Gasteiger partial charge is 0.264 e. The average molecular weight is 342 g/mol. The predicted molar refractivity (Wildman–Crippen MR) is 96.6 cm³/mol. The molecule has 0 heterocycles. The molecule has 2 aromatic rings. The molecule has 0 aliphatic rings. The molecule has 0 aliphatic heterocycles. The number of aryl methyl sites for hydroxylation is 4. The molecular weight excluding hydrogens is 320 g/mol. The quantitative estimate of drug-likeness (QED) is 0.824. The van der Waals surface area contributed by atoms with E-state index in [9.17, 15) is 8.42 Å². The Morgan fingerprint density at radius 1 is 0.958 bits per heavy atom. The van der Waals surface area contributed by atoms with E-state index >= 15 is 0 Å². The Kier molecular flexibility index (Phi) is 5.30. The van der Waals surface area contributed by atoms with Crippen molar-refractivity contribution < 1.29 is 8.42 Å². The lowest BCUT2D eigenvalue weighted by atomic mass is 10.1. The lowest BCUT2D eigenvalue weighted by molar-refractivity contribution is 0.589. The first-order chi connectivity index (χ1) is 11.3. The van der Waals surface area contributed by atoms with Crippen LogP contribution in [0.4, 0.5) is 5.69 Å². The van der Waals surface area contributed by atoms with Crippen LogP contribution in [0.2, 0.25) is 0 Å². The molecule has 24 heavy (non-hydrogen) atoms. The number of sulfonamides is 1. The highest BCUT2D eigenvalue weighted by molar-refractivity contribution is 7.93. The summed E-state index contributed by atoms with van der Waals surface area (Å²) in [4.78, 5) is 0.326. The van der Waals surface area contributed by atoms with Gasteiger partial charge in [-0.25, -0.2) is 8.42 Å². The highest BCUT2D eigenvalue weighted by Crippen LogP contribution is 2.29. The van der Waals surface area contributed by atoms with E-state index in [1.165, 1.54) is 4.31 Å². The van der Waals surface area contributed by atoms with E-state index in [0.29, 0.717) is 10.6 Å². The van der Waals surface area contributed by atoms with Crippen molar-refractivity contribution in [3.8, 4) is 6.07 Å². The van der Waals surface area contributed by atoms with E-state index in [-0.39, 0.29) is 13.0 Å². The van der Waals surface area contributed by atoms with Gasteiger partial charge < -0.3 is 0 Å². The summed E-state index contributed by atoms with van der Waals surface area (Å²) in [5.74, 6) is 0. The molecule has 4 nitrogen and oxygen atoms in total. The topological polar surface area (TPSA) is 61.2 Å². The van der Waals surface area contributed by atoms with Crippen molar-refractivity contribution in [2.75, 3.05) is 10.8 Å². The van der Waals surface area contributed by atoms with Gasteiger partial charge in [0, 0.05) is 6.54 Å². The van der Waals surface area contributed by atoms with Gasteiger partial charge in [0.15, 0.2) is 0 Å². The Bertz CT molecular complexity index is 856. The number of nitrogens with zero attached hydrogens (tertiary/aromatic N) is 2. The summed E-state index contributed by atoms with van der Waals surface area (Å²) in [6.45, 7) is 7.65. The predicted octanol–water partition coefficient (Wildman–Crippen LogP) is 4.03. The third-order valence-electron chi connectivity index (χ3n) is 3.90. The van der Waals surface area contributed by atoms with Gasteiger partial charge >= 0.3 is 0 Å². The van der Waals surface area contributed by atoms with Crippen molar-refractivity contribution in [1.82, 2.24) is 0 Å². The molecule has 0 spiro atoms. The van der Waals surface area contributed by atoms with Crippen LogP contribution in [0.3, 0.4) is 0 Å². The van der Waals surface area contributed by atoms with Crippen LogP contribution in [0, 0.1) is 39.0 Å². The Hall–Kier alpha value is -2.32. The number of benzene rings is 2. The van der Waals surface area contributed by atoms with Crippen LogP contribution < -0.4 is 4.31 Å². The van der Waals surface area contributed by atoms with Crippen LogP contribution >= 0.6 is 0 Å². The molecule has 2 aromatic carbocycles. The molecule has 5 heteroatoms. The first-order valence-corrected chi connectivity index (χ1v) is 9.25. The van der Waals surface area contributed by atoms with Gasteiger partial charge in [0.05, 0.1) is 23.1 Å². The number of hydrogen-bond acceptors (Lipinski definition) is 3. The molecule has 0 fully saturated rings. The van der Waals surface area contributed by atoms with E-state index in [1.807, 2.05) is 58.0 Å². The van der Waals surface area contributed by atoms with E-state index in [1.54, 1.807) is 12.1 Å². The molecule has 126 valence electrons. The highest BCUT2D eigenvalue weighted by Gasteiger charge is 2.28. The van der Waals surface area contributed by atoms with Gasteiger partial charge in [0.1, 0.15) is 0 Å². The van der Waals surface area contributed by atoms with Gasteiger partial charge in [0.25, 0.3) is 10.0 Å². The third-order valence-corrected chi connectivity index (χ3v) is 6.03. The first kappa shape index (κ1) is 18.0. The van der Waals surface area contributed by atoms with Crippen molar-refractivity contribution in [1.29, 1.82) is 5.26 Å². The van der Waals surface area contributed by atoms with Gasteiger partial charge in [-0.3, -0.25) is 4.31 Å². The fourth-order valence-electron chi connectivity index (χ4n) is 2.93. The lowest BCUT2D eigenvalue weighted by Gasteiger charge is -2.25. The van der Waals surface area contributed by atoms with Gasteiger partial charge in [-0.05, 0) is 51.0 Å². The maximum absolute atomic E-state index is 13.3. The lowest BCUT2D eigenvalue weighted by Crippen LogP contribution is -2.33. The number of hydrogen-bond donors (Lipinski definition) is 0. The Morgan fingerprint density at radius 3 is 2.00 bits per heavy atom. The van der Waals surface area contributed by atoms with Gasteiger partial charge in [-0.2, -0.15) is 5.26 Å². The van der Waals surface area contributed by atoms with Crippen molar-refractivity contribution in [2.45, 2.75) is 39.0 Å². The minimum absolute atomic E-state index is 0.134. The van der Waals surface area contributed by atoms with Crippen LogP contribution in [0.5, 0.6) is 0 Å². The van der Waals surface area contributed by atoms with Crippen LogP contribution in [-0.2, 0) is 10.0 Å². The zero-order valence-electron chi connectivity index (χ0n) is 14.5. The second kappa shape index (κ2) is 7.06. The fourth-order valence-corrected chi connectivity index (χ4v) is 4.82. The maximum atomic E-state index is 13.3. The molecule has 0 saturated carbocycles. The maximum Gasteiger partial charge on any atom is 0.264 e. The van der Waals surface area contributed by atoms with Gasteiger partial charge in [-0.15, -0.1) is 0 Å². The molecular formula is C19H22N2O2S. The average Bonchev–Trinajstić information content (AvgIpc) is 2.47. The second-order valence-corrected chi connectivity index (χ2v) is 7.85. The number of anilines is 1. The van der Waals surface area contributed by atoms with Crippen LogP contribution in [0.15, 0.2) is 41.3 Å². The molecule has 0 N–H and O–H groups in total. The first-order valence-electron chi connectivity index (χ1n) is 7.81. The molecule has 0 radical (unpaired) electrons. The summed E-state index contributed by atoms with van der Waals surface area (Å²) in [7, 11) is -3.74. The Labute approximate surface area is 144 Å². The summed E-state index contributed by atoms with van der Waals surface area (Å²) in [6, 6.07) is 13.1. The normalized spacial score (nSPS) is 11.1. The summed E-state index contributed by atoms with van der Waals surface area (Å²) in [6.07, 6.45) is 0.136. The van der Waals surface area contributed by atoms with Crippen molar-refractivity contribution in [3.05, 3.63) is 58.7 Å². The molecule has 0 saturated heterocycles. The zero-order valence-corrected chi connectivity index (χ0v) is 15.3. The third kappa shape index (κ3) is 3.60. The number of nitriles is 1. The van der Waals surface area contributed by atoms with Crippen molar-refractivity contribution in [2.24, 2.45) is 0 Å². The molecule has 0 bridgehead atoms. The van der Waals surface area contributed by atoms with Gasteiger partial charge in [0.2, 0.25) is 0 Å². The van der Waals surface area contributed by atoms with Crippen molar-refractivity contribution in [3.63, 3.8) is 0 Å². The Morgan fingerprint density at radius 2 is 1.50 bits per heavy atom. The van der Waals surface area contributed by atoms with Crippen LogP contribution in [0.1, 0.15) is 28.7 Å². The SMILES string of the molecule is Cc1ccc(N(CCC#N)S(=O)(=O)c2c(C)cc(C)cc2C)cc1.